The van der Waals surface area contributed by atoms with E-state index in [4.69, 9.17) is 10.5 Å². The molecule has 0 aliphatic rings. The summed E-state index contributed by atoms with van der Waals surface area (Å²) in [7, 11) is 1.64. The maximum atomic E-state index is 9.25. The lowest BCUT2D eigenvalue weighted by Crippen LogP contribution is -1.89. The van der Waals surface area contributed by atoms with Crippen molar-refractivity contribution in [2.75, 3.05) is 12.8 Å². The van der Waals surface area contributed by atoms with Crippen molar-refractivity contribution in [3.05, 3.63) is 40.8 Å². The molecule has 0 aliphatic carbocycles. The molecule has 4 nitrogen and oxygen atoms in total. The average Bonchev–Trinajstić information content (AvgIpc) is 3.12. The molecule has 3 heterocycles. The van der Waals surface area contributed by atoms with Crippen LogP contribution in [0.2, 0.25) is 0 Å². The van der Waals surface area contributed by atoms with E-state index in [1.165, 1.54) is 11.3 Å². The van der Waals surface area contributed by atoms with E-state index < -0.39 is 0 Å². The van der Waals surface area contributed by atoms with Gasteiger partial charge in [-0.3, -0.25) is 4.98 Å². The zero-order chi connectivity index (χ0) is 14.8. The summed E-state index contributed by atoms with van der Waals surface area (Å²) in [5.41, 5.74) is 8.54. The van der Waals surface area contributed by atoms with Gasteiger partial charge in [-0.25, -0.2) is 0 Å². The van der Waals surface area contributed by atoms with Gasteiger partial charge < -0.3 is 10.5 Å². The van der Waals surface area contributed by atoms with Gasteiger partial charge in [-0.15, -0.1) is 22.7 Å². The molecule has 0 unspecified atom stereocenters. The summed E-state index contributed by atoms with van der Waals surface area (Å²) in [6, 6.07) is 7.92. The molecule has 0 aromatic carbocycles. The van der Waals surface area contributed by atoms with Gasteiger partial charge in [0.05, 0.1) is 17.7 Å². The zero-order valence-electron chi connectivity index (χ0n) is 11.2. The molecule has 0 saturated heterocycles. The first kappa shape index (κ1) is 13.6. The zero-order valence-corrected chi connectivity index (χ0v) is 12.8. The Morgan fingerprint density at radius 2 is 2.10 bits per heavy atom. The fraction of sp³-hybridized carbons (Fsp3) is 0.0667. The molecular weight excluding hydrogens is 302 g/mol. The Labute approximate surface area is 130 Å². The van der Waals surface area contributed by atoms with Gasteiger partial charge in [-0.05, 0) is 23.8 Å². The first-order chi connectivity index (χ1) is 10.2. The highest BCUT2D eigenvalue weighted by Crippen LogP contribution is 2.47. The Bertz CT molecular complexity index is 815. The number of ether oxygens (including phenoxy) is 1. The van der Waals surface area contributed by atoms with Crippen molar-refractivity contribution in [1.29, 1.82) is 5.26 Å². The number of thiophene rings is 2. The summed E-state index contributed by atoms with van der Waals surface area (Å²) in [6.07, 6.45) is 3.44. The maximum Gasteiger partial charge on any atom is 0.130 e. The highest BCUT2D eigenvalue weighted by atomic mass is 32.1. The van der Waals surface area contributed by atoms with Crippen LogP contribution < -0.4 is 10.5 Å². The number of nitrogen functional groups attached to an aromatic ring is 1. The van der Waals surface area contributed by atoms with Gasteiger partial charge in [-0.1, -0.05) is 0 Å². The van der Waals surface area contributed by atoms with E-state index in [1.54, 1.807) is 30.8 Å². The van der Waals surface area contributed by atoms with Gasteiger partial charge in [0, 0.05) is 28.2 Å². The number of hydrogen-bond donors (Lipinski definition) is 1. The number of nitrogens with two attached hydrogens (primary N) is 1. The number of methoxy groups -OCH3 is 1. The minimum absolute atomic E-state index is 0.524. The summed E-state index contributed by atoms with van der Waals surface area (Å²) in [5.74, 6) is 0.807. The van der Waals surface area contributed by atoms with E-state index in [0.717, 1.165) is 26.6 Å². The van der Waals surface area contributed by atoms with Crippen LogP contribution in [0.1, 0.15) is 4.88 Å². The number of rotatable bonds is 3. The van der Waals surface area contributed by atoms with E-state index in [-0.39, 0.29) is 0 Å². The highest BCUT2D eigenvalue weighted by Gasteiger charge is 2.20. The molecule has 0 spiro atoms. The molecule has 6 heteroatoms. The van der Waals surface area contributed by atoms with Crippen LogP contribution in [-0.4, -0.2) is 12.1 Å². The van der Waals surface area contributed by atoms with Crippen molar-refractivity contribution in [2.45, 2.75) is 0 Å². The lowest BCUT2D eigenvalue weighted by molar-refractivity contribution is 0.417. The molecule has 0 amide bonds. The van der Waals surface area contributed by atoms with Crippen LogP contribution in [0.25, 0.3) is 20.9 Å². The van der Waals surface area contributed by atoms with Crippen molar-refractivity contribution in [1.82, 2.24) is 4.98 Å². The number of nitriles is 1. The van der Waals surface area contributed by atoms with Crippen LogP contribution in [0.3, 0.4) is 0 Å². The number of aromatic nitrogens is 1. The second-order valence-electron chi connectivity index (χ2n) is 4.25. The normalized spacial score (nSPS) is 10.3. The molecular formula is C15H11N3OS2. The smallest absolute Gasteiger partial charge is 0.130 e. The summed E-state index contributed by atoms with van der Waals surface area (Å²) in [6.45, 7) is 0. The predicted octanol–water partition coefficient (Wildman–Crippen LogP) is 4.00. The summed E-state index contributed by atoms with van der Waals surface area (Å²) in [5, 5.41) is 11.2. The molecule has 3 rings (SSSR count). The molecule has 0 radical (unpaired) electrons. The lowest BCUT2D eigenvalue weighted by atomic mass is 10.1. The van der Waals surface area contributed by atoms with E-state index in [0.29, 0.717) is 10.6 Å². The van der Waals surface area contributed by atoms with Gasteiger partial charge in [0.2, 0.25) is 0 Å². The first-order valence-electron chi connectivity index (χ1n) is 6.10. The minimum Gasteiger partial charge on any atom is -0.496 e. The van der Waals surface area contributed by atoms with E-state index in [1.807, 2.05) is 23.6 Å². The summed E-state index contributed by atoms with van der Waals surface area (Å²) < 4.78 is 5.23. The van der Waals surface area contributed by atoms with E-state index >= 15 is 0 Å². The Kier molecular flexibility index (Phi) is 3.60. The fourth-order valence-electron chi connectivity index (χ4n) is 2.05. The first-order valence-corrected chi connectivity index (χ1v) is 7.80. The number of anilines is 1. The number of hydrogen-bond acceptors (Lipinski definition) is 6. The molecule has 21 heavy (non-hydrogen) atoms. The van der Waals surface area contributed by atoms with Crippen molar-refractivity contribution in [3.63, 3.8) is 0 Å². The third-order valence-corrected chi connectivity index (χ3v) is 5.25. The molecule has 3 aromatic rings. The van der Waals surface area contributed by atoms with Crippen LogP contribution in [0.15, 0.2) is 36.0 Å². The van der Waals surface area contributed by atoms with Crippen molar-refractivity contribution < 1.29 is 4.74 Å². The quantitative estimate of drug-likeness (QED) is 0.793. The number of nitrogens with zero attached hydrogens (tertiary/aromatic N) is 2. The molecule has 2 N–H and O–H groups in total. The molecule has 0 atom stereocenters. The largest absolute Gasteiger partial charge is 0.496 e. The van der Waals surface area contributed by atoms with Gasteiger partial charge in [0.15, 0.2) is 0 Å². The van der Waals surface area contributed by atoms with Crippen LogP contribution in [0.5, 0.6) is 5.75 Å². The average molecular weight is 313 g/mol. The summed E-state index contributed by atoms with van der Waals surface area (Å²) >= 11 is 2.98. The van der Waals surface area contributed by atoms with Crippen molar-refractivity contribution in [3.8, 4) is 32.7 Å². The molecule has 0 fully saturated rings. The predicted molar refractivity (Wildman–Crippen MR) is 86.5 cm³/mol. The third kappa shape index (κ3) is 2.37. The second-order valence-corrected chi connectivity index (χ2v) is 6.18. The van der Waals surface area contributed by atoms with Crippen molar-refractivity contribution in [2.24, 2.45) is 0 Å². The second kappa shape index (κ2) is 5.56. The Morgan fingerprint density at radius 3 is 2.71 bits per heavy atom. The molecule has 3 aromatic heterocycles. The van der Waals surface area contributed by atoms with E-state index in [2.05, 4.69) is 11.1 Å². The molecule has 0 bridgehead atoms. The van der Waals surface area contributed by atoms with Crippen LogP contribution in [0, 0.1) is 11.3 Å². The minimum atomic E-state index is 0.524. The van der Waals surface area contributed by atoms with Crippen LogP contribution in [-0.2, 0) is 0 Å². The molecule has 0 saturated carbocycles. The van der Waals surface area contributed by atoms with Gasteiger partial charge >= 0.3 is 0 Å². The standard InChI is InChI=1S/C15H11N3OS2/c1-19-10-6-11(20-8-10)15-13(9-2-4-18-5-3-9)14(17)12(7-16)21-15/h2-6,8H,17H2,1H3. The Hall–Kier alpha value is -2.36. The third-order valence-electron chi connectivity index (χ3n) is 3.05. The van der Waals surface area contributed by atoms with Gasteiger partial charge in [-0.2, -0.15) is 5.26 Å². The summed E-state index contributed by atoms with van der Waals surface area (Å²) in [4.78, 5) is 6.59. The Morgan fingerprint density at radius 1 is 1.33 bits per heavy atom. The van der Waals surface area contributed by atoms with Gasteiger partial charge in [0.25, 0.3) is 0 Å². The van der Waals surface area contributed by atoms with Crippen molar-refractivity contribution >= 4 is 28.4 Å². The molecule has 104 valence electrons. The lowest BCUT2D eigenvalue weighted by Gasteiger charge is -2.03. The Balaban J connectivity index is 2.23. The van der Waals surface area contributed by atoms with E-state index in [9.17, 15) is 5.26 Å². The van der Waals surface area contributed by atoms with Gasteiger partial charge in [0.1, 0.15) is 16.7 Å². The highest BCUT2D eigenvalue weighted by molar-refractivity contribution is 7.22. The van der Waals surface area contributed by atoms with Crippen LogP contribution >= 0.6 is 22.7 Å². The maximum absolute atomic E-state index is 9.25. The number of pyridine rings is 1. The fourth-order valence-corrected chi connectivity index (χ4v) is 4.07. The topological polar surface area (TPSA) is 71.9 Å². The monoisotopic (exact) mass is 313 g/mol. The molecule has 0 aliphatic heterocycles. The SMILES string of the molecule is COc1csc(-c2sc(C#N)c(N)c2-c2ccncc2)c1. The van der Waals surface area contributed by atoms with Crippen LogP contribution in [0.4, 0.5) is 5.69 Å².